The molecule has 16 amide bonds. The number of hydrogen-bond donors (Lipinski definition) is 18. The van der Waals surface area contributed by atoms with Crippen molar-refractivity contribution in [1.82, 2.24) is 85.1 Å². The van der Waals surface area contributed by atoms with Gasteiger partial charge in [-0.2, -0.15) is 0 Å². The molecule has 0 radical (unpaired) electrons. The maximum atomic E-state index is 15.4. The van der Waals surface area contributed by atoms with Gasteiger partial charge in [0.05, 0.1) is 24.0 Å². The minimum atomic E-state index is -2.02. The maximum absolute atomic E-state index is 15.4. The molecule has 0 spiro atoms. The number of carbonyl (C=O) groups excluding carboxylic acids is 17. The number of aliphatic hydroxyl groups excluding tert-OH is 2. The predicted molar refractivity (Wildman–Crippen MR) is 444 cm³/mol. The Bertz CT molecular complexity index is 3700. The summed E-state index contributed by atoms with van der Waals surface area (Å²) in [5, 5.41) is 62.7. The largest absolute Gasteiger partial charge is 0.465 e. The molecule has 12 atom stereocenters. The first-order valence-electron chi connectivity index (χ1n) is 41.0. The van der Waals surface area contributed by atoms with Crippen LogP contribution in [0, 0.1) is 11.3 Å². The molecule has 0 bridgehead atoms. The summed E-state index contributed by atoms with van der Waals surface area (Å²) in [6.45, 7) is 31.3. The van der Waals surface area contributed by atoms with Crippen molar-refractivity contribution in [2.45, 2.75) is 317 Å². The maximum Gasteiger partial charge on any atom is 0.407 e. The van der Waals surface area contributed by atoms with E-state index in [0.717, 1.165) is 13.8 Å². The van der Waals surface area contributed by atoms with E-state index in [4.69, 9.17) is 28.4 Å². The van der Waals surface area contributed by atoms with Crippen LogP contribution in [0.15, 0.2) is 30.3 Å². The Morgan fingerprint density at radius 1 is 0.451 bits per heavy atom. The highest BCUT2D eigenvalue weighted by Crippen LogP contribution is 2.22. The van der Waals surface area contributed by atoms with E-state index in [1.165, 1.54) is 0 Å². The number of aliphatic hydroxyl groups is 2. The second-order valence-electron chi connectivity index (χ2n) is 35.6. The summed E-state index contributed by atoms with van der Waals surface area (Å²) in [5.74, 6) is -13.3. The van der Waals surface area contributed by atoms with Crippen LogP contribution in [0.3, 0.4) is 0 Å². The second kappa shape index (κ2) is 49.9. The normalized spacial score (nSPS) is 19.6. The molecule has 41 heteroatoms. The summed E-state index contributed by atoms with van der Waals surface area (Å²) >= 11 is 0. The van der Waals surface area contributed by atoms with Crippen molar-refractivity contribution >= 4 is 101 Å². The van der Waals surface area contributed by atoms with Crippen molar-refractivity contribution < 1.29 is 120 Å². The minimum Gasteiger partial charge on any atom is -0.465 e. The number of rotatable bonds is 33. The number of amides is 16. The fourth-order valence-electron chi connectivity index (χ4n) is 11.0. The van der Waals surface area contributed by atoms with Gasteiger partial charge in [-0.1, -0.05) is 51.1 Å². The smallest absolute Gasteiger partial charge is 0.407 e. The van der Waals surface area contributed by atoms with Crippen LogP contribution in [0.4, 0.5) is 24.0 Å². The molecule has 1 aromatic rings. The van der Waals surface area contributed by atoms with E-state index in [1.54, 1.807) is 169 Å². The first-order valence-corrected chi connectivity index (χ1v) is 41.0. The Morgan fingerprint density at radius 2 is 0.828 bits per heavy atom. The monoisotopic (exact) mass is 1730 g/mol. The molecule has 41 nitrogen and oxygen atoms in total. The molecule has 1 aliphatic heterocycles. The molecule has 0 saturated carbocycles. The van der Waals surface area contributed by atoms with Crippen LogP contribution >= 0.6 is 0 Å². The van der Waals surface area contributed by atoms with Gasteiger partial charge in [0.25, 0.3) is 0 Å². The third-order valence-corrected chi connectivity index (χ3v) is 17.4. The summed E-state index contributed by atoms with van der Waals surface area (Å²) < 4.78 is 32.2. The first kappa shape index (κ1) is 107. The first-order chi connectivity index (χ1) is 56.3. The third kappa shape index (κ3) is 44.6. The van der Waals surface area contributed by atoms with Crippen LogP contribution in [0.25, 0.3) is 0 Å². The Kier molecular flexibility index (Phi) is 43.8. The molecule has 0 aromatic heterocycles. The third-order valence-electron chi connectivity index (χ3n) is 17.4. The van der Waals surface area contributed by atoms with E-state index in [0.29, 0.717) is 12.0 Å². The van der Waals surface area contributed by atoms with Gasteiger partial charge in [-0.3, -0.25) is 57.5 Å². The van der Waals surface area contributed by atoms with Gasteiger partial charge in [0, 0.05) is 45.7 Å². The van der Waals surface area contributed by atoms with Gasteiger partial charge in [-0.25, -0.2) is 24.0 Å². The number of alkyl carbamates (subject to hydrolysis) is 5. The molecule has 1 saturated heterocycles. The lowest BCUT2D eigenvalue weighted by molar-refractivity contribution is -0.154. The average molecular weight is 1730 g/mol. The molecule has 1 heterocycles. The number of nitrogens with one attached hydrogen (secondary N) is 16. The van der Waals surface area contributed by atoms with Gasteiger partial charge in [-0.15, -0.1) is 0 Å². The zero-order valence-corrected chi connectivity index (χ0v) is 74.7. The fourth-order valence-corrected chi connectivity index (χ4v) is 11.0. The second-order valence-corrected chi connectivity index (χ2v) is 35.6. The van der Waals surface area contributed by atoms with Crippen LogP contribution in [-0.4, -0.2) is 258 Å². The molecule has 0 aliphatic carbocycles. The number of esters is 1. The number of carbonyl (C=O) groups is 17. The van der Waals surface area contributed by atoms with Crippen molar-refractivity contribution in [2.75, 3.05) is 45.9 Å². The number of benzene rings is 1. The van der Waals surface area contributed by atoms with Crippen molar-refractivity contribution in [1.29, 1.82) is 0 Å². The number of ether oxygens (including phenoxy) is 6. The van der Waals surface area contributed by atoms with E-state index in [2.05, 4.69) is 85.1 Å². The van der Waals surface area contributed by atoms with Gasteiger partial charge in [-0.05, 0) is 194 Å². The van der Waals surface area contributed by atoms with Gasteiger partial charge in [0.2, 0.25) is 65.0 Å². The Hall–Kier alpha value is -10.9. The van der Waals surface area contributed by atoms with Crippen molar-refractivity contribution in [2.24, 2.45) is 11.3 Å². The Labute approximate surface area is 714 Å². The molecule has 1 aromatic carbocycles. The SMILES string of the molecule is CCC(C)(C)C(=O)OCCC(=O)N[C@@H](CCNC(=O)OC(C)(C)C)C(=O)N[C@H](C(=O)N[C@@H](CCNC(=O)OC(C)(C)C)C(=O)N[C@H]1CCNC(=O)[C@H]([C@H](C)O)NC(=O)[C@H](CCNC(=O)OC(C)(C)C)NC(=O)[C@H](CCNC(=O)OC(C)(C)C)NC(=O)[C@H](CC(C)C)NC(=O)[C@@H](Cc2ccccc2)NC(=O)[C@H](CCNC(=O)OC(C)(C)C)NC1=O)C(C)O. The lowest BCUT2D eigenvalue weighted by Gasteiger charge is -2.29. The van der Waals surface area contributed by atoms with Crippen molar-refractivity contribution in [3.05, 3.63) is 35.9 Å². The molecule has 1 unspecified atom stereocenters. The van der Waals surface area contributed by atoms with E-state index in [9.17, 15) is 72.5 Å². The molecule has 18 N–H and O–H groups in total. The van der Waals surface area contributed by atoms with Gasteiger partial charge in [0.1, 0.15) is 95.0 Å². The molecule has 122 heavy (non-hydrogen) atoms. The van der Waals surface area contributed by atoms with E-state index in [1.807, 2.05) is 0 Å². The predicted octanol–water partition coefficient (Wildman–Crippen LogP) is 1.35. The summed E-state index contributed by atoms with van der Waals surface area (Å²) in [6.07, 6.45) is -11.9. The van der Waals surface area contributed by atoms with Crippen LogP contribution in [0.2, 0.25) is 0 Å². The fraction of sp³-hybridized carbons (Fsp3) is 0.716. The molecular formula is C81H136N16O25. The van der Waals surface area contributed by atoms with E-state index < -0.39 is 285 Å². The molecule has 1 aliphatic rings. The van der Waals surface area contributed by atoms with E-state index >= 15 is 19.2 Å². The van der Waals surface area contributed by atoms with Crippen LogP contribution in [0.5, 0.6) is 0 Å². The van der Waals surface area contributed by atoms with E-state index in [-0.39, 0.29) is 32.4 Å². The van der Waals surface area contributed by atoms with Gasteiger partial charge in [0.15, 0.2) is 0 Å². The molecular weight excluding hydrogens is 1600 g/mol. The highest BCUT2D eigenvalue weighted by Gasteiger charge is 2.40. The summed E-state index contributed by atoms with van der Waals surface area (Å²) in [6, 6.07) is -9.74. The zero-order valence-electron chi connectivity index (χ0n) is 74.7. The highest BCUT2D eigenvalue weighted by molar-refractivity contribution is 5.99. The van der Waals surface area contributed by atoms with Gasteiger partial charge >= 0.3 is 36.4 Å². The molecule has 1 fully saturated rings. The number of hydrogen-bond acceptors (Lipinski definition) is 25. The quantitative estimate of drug-likeness (QED) is 0.0349. The van der Waals surface area contributed by atoms with Crippen molar-refractivity contribution in [3.8, 4) is 0 Å². The summed E-state index contributed by atoms with van der Waals surface area (Å²) in [5.41, 5.74) is -5.50. The summed E-state index contributed by atoms with van der Waals surface area (Å²) in [4.78, 5) is 241. The van der Waals surface area contributed by atoms with Gasteiger partial charge < -0.3 is 124 Å². The van der Waals surface area contributed by atoms with Crippen LogP contribution in [-0.2, 0) is 92.4 Å². The van der Waals surface area contributed by atoms with Crippen LogP contribution in [0.1, 0.15) is 216 Å². The zero-order chi connectivity index (χ0) is 93.0. The standard InChI is InChI=1S/C81H136N16O25/c1-23-81(21,22)70(111)117-42-35-57(100)88-49(30-37-83-71(112)118-76(6,7)8)64(105)97-59(47(5)99)69(110)93-53(33-40-86-74(115)121-79(15,16)17)62(103)89-50-29-36-82-68(109)58(46(4)98)96-65(106)54(34-41-87-75(116)122-80(18,19)20)91-61(102)51(31-38-84-72(113)119-77(9,10)11)92-66(107)55(43-45(2)3)94-67(108)56(44-48-27-25-24-26-28-48)95-63(104)52(90-60(50)101)32-39-85-73(114)120-78(12,13)14/h24-28,45-47,49-56,58-59,98-99H,23,29-44H2,1-22H3,(H,82,109)(H,83,112)(H,84,113)(H,85,114)(H,86,115)(H,87,116)(H,88,100)(H,89,103)(H,90,101)(H,91,102)(H,92,107)(H,93,110)(H,94,108)(H,95,104)(H,96,106)(H,97,105)/t46-,47?,49-,50-,51-,52-,53-,54-,55-,56+,58-,59-/m0/s1. The minimum absolute atomic E-state index is 0.135. The summed E-state index contributed by atoms with van der Waals surface area (Å²) in [7, 11) is 0. The lowest BCUT2D eigenvalue weighted by atomic mass is 9.91. The lowest BCUT2D eigenvalue weighted by Crippen LogP contribution is -2.62. The molecule has 690 valence electrons. The Morgan fingerprint density at radius 3 is 1.23 bits per heavy atom. The average Bonchev–Trinajstić information content (AvgIpc) is 0.969. The molecule has 2 rings (SSSR count). The topological polar surface area (TPSA) is 579 Å². The Balaban J connectivity index is 3.12. The van der Waals surface area contributed by atoms with Crippen molar-refractivity contribution in [3.63, 3.8) is 0 Å². The highest BCUT2D eigenvalue weighted by atomic mass is 16.6. The van der Waals surface area contributed by atoms with Crippen LogP contribution < -0.4 is 85.1 Å².